The van der Waals surface area contributed by atoms with Crippen LogP contribution in [0, 0.1) is 5.41 Å². The van der Waals surface area contributed by atoms with Crippen molar-refractivity contribution in [2.75, 3.05) is 26.2 Å². The zero-order valence-electron chi connectivity index (χ0n) is 13.6. The molecule has 21 heavy (non-hydrogen) atoms. The molecular weight excluding hydrogens is 272 g/mol. The molecule has 2 amide bonds. The highest BCUT2D eigenvalue weighted by molar-refractivity contribution is 5.79. The number of nitrogens with zero attached hydrogens (tertiary/aromatic N) is 2. The Hall–Kier alpha value is -1.30. The van der Waals surface area contributed by atoms with Gasteiger partial charge in [-0.15, -0.1) is 0 Å². The molecule has 1 aliphatic heterocycles. The fourth-order valence-corrected chi connectivity index (χ4v) is 2.89. The largest absolute Gasteiger partial charge is 0.481 e. The molecule has 0 aromatic heterocycles. The van der Waals surface area contributed by atoms with E-state index in [0.717, 1.165) is 0 Å². The highest BCUT2D eigenvalue weighted by atomic mass is 16.4. The average Bonchev–Trinajstić information content (AvgIpc) is 2.42. The van der Waals surface area contributed by atoms with E-state index in [1.54, 1.807) is 23.6 Å². The van der Waals surface area contributed by atoms with Crippen molar-refractivity contribution in [3.05, 3.63) is 0 Å². The minimum atomic E-state index is -0.962. The number of likely N-dealkylation sites (tertiary alicyclic amines) is 1. The zero-order chi connectivity index (χ0) is 16.3. The number of aliphatic hydroxyl groups is 1. The number of likely N-dealkylation sites (N-methyl/N-ethyl adjacent to an activating group) is 1. The molecule has 0 saturated carbocycles. The summed E-state index contributed by atoms with van der Waals surface area (Å²) in [5.41, 5.74) is -1.79. The lowest BCUT2D eigenvalue weighted by molar-refractivity contribution is -0.152. The number of carbonyl (C=O) groups is 2. The Balaban J connectivity index is 2.83. The SMILES string of the molecule is CCN(CC(C)(C)O)C(=O)N1CCCC(CC)(C(=O)O)C1. The van der Waals surface area contributed by atoms with E-state index in [0.29, 0.717) is 32.4 Å². The van der Waals surface area contributed by atoms with Gasteiger partial charge in [-0.3, -0.25) is 4.79 Å². The number of urea groups is 1. The summed E-state index contributed by atoms with van der Waals surface area (Å²) in [6, 6.07) is -0.182. The highest BCUT2D eigenvalue weighted by Crippen LogP contribution is 2.34. The van der Waals surface area contributed by atoms with Crippen LogP contribution in [0.5, 0.6) is 0 Å². The maximum absolute atomic E-state index is 12.6. The lowest BCUT2D eigenvalue weighted by atomic mass is 9.78. The Morgan fingerprint density at radius 2 is 1.95 bits per heavy atom. The van der Waals surface area contributed by atoms with Gasteiger partial charge in [0.15, 0.2) is 0 Å². The monoisotopic (exact) mass is 300 g/mol. The third kappa shape index (κ3) is 4.33. The third-order valence-corrected chi connectivity index (χ3v) is 4.21. The first-order chi connectivity index (χ1) is 9.65. The summed E-state index contributed by atoms with van der Waals surface area (Å²) in [6.45, 7) is 8.60. The number of hydrogen-bond acceptors (Lipinski definition) is 3. The van der Waals surface area contributed by atoms with Crippen molar-refractivity contribution in [3.8, 4) is 0 Å². The fraction of sp³-hybridized carbons (Fsp3) is 0.867. The fourth-order valence-electron chi connectivity index (χ4n) is 2.89. The maximum atomic E-state index is 12.6. The molecule has 6 nitrogen and oxygen atoms in total. The smallest absolute Gasteiger partial charge is 0.320 e. The normalized spacial score (nSPS) is 23.0. The topological polar surface area (TPSA) is 81.1 Å². The van der Waals surface area contributed by atoms with Crippen molar-refractivity contribution < 1.29 is 19.8 Å². The molecule has 1 saturated heterocycles. The van der Waals surface area contributed by atoms with Crippen molar-refractivity contribution in [2.45, 2.75) is 52.6 Å². The summed E-state index contributed by atoms with van der Waals surface area (Å²) < 4.78 is 0. The molecule has 6 heteroatoms. The lowest BCUT2D eigenvalue weighted by Gasteiger charge is -2.42. The van der Waals surface area contributed by atoms with Gasteiger partial charge in [0.1, 0.15) is 0 Å². The summed E-state index contributed by atoms with van der Waals surface area (Å²) in [7, 11) is 0. The van der Waals surface area contributed by atoms with Crippen LogP contribution in [0.15, 0.2) is 0 Å². The first kappa shape index (κ1) is 17.8. The predicted octanol–water partition coefficient (Wildman–Crippen LogP) is 1.78. The molecule has 0 radical (unpaired) electrons. The minimum absolute atomic E-state index is 0.182. The minimum Gasteiger partial charge on any atom is -0.481 e. The zero-order valence-corrected chi connectivity index (χ0v) is 13.6. The van der Waals surface area contributed by atoms with Crippen LogP contribution < -0.4 is 0 Å². The van der Waals surface area contributed by atoms with Gasteiger partial charge < -0.3 is 20.0 Å². The summed E-state index contributed by atoms with van der Waals surface area (Å²) in [4.78, 5) is 27.3. The highest BCUT2D eigenvalue weighted by Gasteiger charge is 2.43. The van der Waals surface area contributed by atoms with E-state index in [9.17, 15) is 19.8 Å². The second-order valence-corrected chi connectivity index (χ2v) is 6.57. The quantitative estimate of drug-likeness (QED) is 0.811. The third-order valence-electron chi connectivity index (χ3n) is 4.21. The molecule has 1 atom stereocenters. The van der Waals surface area contributed by atoms with Crippen LogP contribution in [0.1, 0.15) is 47.0 Å². The molecule has 122 valence electrons. The molecule has 1 unspecified atom stereocenters. The lowest BCUT2D eigenvalue weighted by Crippen LogP contribution is -2.55. The van der Waals surface area contributed by atoms with Gasteiger partial charge in [-0.05, 0) is 40.0 Å². The molecular formula is C15H28N2O4. The van der Waals surface area contributed by atoms with Crippen molar-refractivity contribution in [1.82, 2.24) is 9.80 Å². The van der Waals surface area contributed by atoms with E-state index in [4.69, 9.17) is 0 Å². The average molecular weight is 300 g/mol. The molecule has 0 spiro atoms. The van der Waals surface area contributed by atoms with Crippen molar-refractivity contribution >= 4 is 12.0 Å². The van der Waals surface area contributed by atoms with Crippen LogP contribution in [0.3, 0.4) is 0 Å². The summed E-state index contributed by atoms with van der Waals surface area (Å²) >= 11 is 0. The van der Waals surface area contributed by atoms with Gasteiger partial charge in [0, 0.05) is 19.6 Å². The first-order valence-electron chi connectivity index (χ1n) is 7.65. The molecule has 0 aromatic carbocycles. The summed E-state index contributed by atoms with van der Waals surface area (Å²) in [5.74, 6) is -0.826. The number of piperidine rings is 1. The van der Waals surface area contributed by atoms with E-state index >= 15 is 0 Å². The van der Waals surface area contributed by atoms with Gasteiger partial charge in [0.05, 0.1) is 17.6 Å². The molecule has 2 N–H and O–H groups in total. The summed E-state index contributed by atoms with van der Waals surface area (Å²) in [6.07, 6.45) is 1.83. The van der Waals surface area contributed by atoms with Crippen LogP contribution in [-0.2, 0) is 4.79 Å². The van der Waals surface area contributed by atoms with Crippen molar-refractivity contribution in [3.63, 3.8) is 0 Å². The Kier molecular flexibility index (Phi) is 5.61. The van der Waals surface area contributed by atoms with E-state index in [1.807, 2.05) is 13.8 Å². The van der Waals surface area contributed by atoms with Gasteiger partial charge >= 0.3 is 12.0 Å². The van der Waals surface area contributed by atoms with Crippen molar-refractivity contribution in [1.29, 1.82) is 0 Å². The van der Waals surface area contributed by atoms with Gasteiger partial charge in [-0.25, -0.2) is 4.79 Å². The first-order valence-corrected chi connectivity index (χ1v) is 7.65. The molecule has 0 bridgehead atoms. The van der Waals surface area contributed by atoms with Crippen molar-refractivity contribution in [2.24, 2.45) is 5.41 Å². The Bertz CT molecular complexity index is 392. The molecule has 1 aliphatic rings. The number of carboxylic acids is 1. The second-order valence-electron chi connectivity index (χ2n) is 6.57. The molecule has 0 aliphatic carbocycles. The van der Waals surface area contributed by atoms with E-state index < -0.39 is 17.0 Å². The van der Waals surface area contributed by atoms with E-state index in [1.165, 1.54) is 0 Å². The predicted molar refractivity (Wildman–Crippen MR) is 80.1 cm³/mol. The van der Waals surface area contributed by atoms with Crippen LogP contribution in [0.4, 0.5) is 4.79 Å². The number of amides is 2. The Labute approximate surface area is 126 Å². The van der Waals surface area contributed by atoms with Gasteiger partial charge in [-0.1, -0.05) is 6.92 Å². The van der Waals surface area contributed by atoms with Crippen LogP contribution in [0.25, 0.3) is 0 Å². The number of hydrogen-bond donors (Lipinski definition) is 2. The standard InChI is InChI=1S/C15H28N2O4/c1-5-15(12(18)19)8-7-9-17(11-15)13(20)16(6-2)10-14(3,4)21/h21H,5-11H2,1-4H3,(H,18,19). The van der Waals surface area contributed by atoms with Crippen LogP contribution in [0.2, 0.25) is 0 Å². The Morgan fingerprint density at radius 1 is 1.33 bits per heavy atom. The number of rotatable bonds is 5. The van der Waals surface area contributed by atoms with E-state index in [2.05, 4.69) is 0 Å². The second kappa shape index (κ2) is 6.64. The maximum Gasteiger partial charge on any atom is 0.320 e. The molecule has 1 heterocycles. The number of aliphatic carboxylic acids is 1. The van der Waals surface area contributed by atoms with Crippen LogP contribution in [-0.4, -0.2) is 63.8 Å². The molecule has 1 rings (SSSR count). The van der Waals surface area contributed by atoms with Gasteiger partial charge in [-0.2, -0.15) is 0 Å². The van der Waals surface area contributed by atoms with E-state index in [-0.39, 0.29) is 19.1 Å². The summed E-state index contributed by atoms with van der Waals surface area (Å²) in [5, 5.41) is 19.4. The van der Waals surface area contributed by atoms with Gasteiger partial charge in [0.25, 0.3) is 0 Å². The Morgan fingerprint density at radius 3 is 2.38 bits per heavy atom. The van der Waals surface area contributed by atoms with Gasteiger partial charge in [0.2, 0.25) is 0 Å². The number of carbonyl (C=O) groups excluding carboxylic acids is 1. The molecule has 0 aromatic rings. The molecule has 1 fully saturated rings. The number of carboxylic acid groups (broad SMARTS) is 1. The van der Waals surface area contributed by atoms with Crippen LogP contribution >= 0.6 is 0 Å².